The van der Waals surface area contributed by atoms with Crippen molar-refractivity contribution in [2.75, 3.05) is 36.4 Å². The van der Waals surface area contributed by atoms with Gasteiger partial charge in [-0.05, 0) is 92.8 Å². The maximum atomic E-state index is 13.1. The molecule has 0 bridgehead atoms. The van der Waals surface area contributed by atoms with Gasteiger partial charge < -0.3 is 26.0 Å². The van der Waals surface area contributed by atoms with Crippen molar-refractivity contribution in [1.29, 1.82) is 0 Å². The van der Waals surface area contributed by atoms with Gasteiger partial charge in [0.25, 0.3) is 5.91 Å². The summed E-state index contributed by atoms with van der Waals surface area (Å²) in [6.07, 6.45) is 7.50. The highest BCUT2D eigenvalue weighted by molar-refractivity contribution is 5.94. The number of anilines is 3. The number of piperidine rings is 2. The van der Waals surface area contributed by atoms with E-state index in [1.54, 1.807) is 4.52 Å². The zero-order valence-corrected chi connectivity index (χ0v) is 24.2. The molecule has 42 heavy (non-hydrogen) atoms. The number of hydrogen-bond donors (Lipinski definition) is 3. The second-order valence-corrected chi connectivity index (χ2v) is 12.6. The number of aliphatic hydroxyl groups is 1. The number of carbonyl (C=O) groups excluding carboxylic acids is 1. The topological polar surface area (TPSA) is 112 Å². The van der Waals surface area contributed by atoms with E-state index in [2.05, 4.69) is 40.4 Å². The van der Waals surface area contributed by atoms with Crippen molar-refractivity contribution in [2.24, 2.45) is 11.1 Å². The van der Waals surface area contributed by atoms with E-state index in [1.165, 1.54) is 5.56 Å². The monoisotopic (exact) mass is 565 g/mol. The Balaban J connectivity index is 1.00. The van der Waals surface area contributed by atoms with Crippen molar-refractivity contribution < 1.29 is 9.90 Å². The number of fused-ring (bicyclic) bond motifs is 1. The molecule has 1 aliphatic carbocycles. The number of hydrogen-bond acceptors (Lipinski definition) is 7. The summed E-state index contributed by atoms with van der Waals surface area (Å²) in [7, 11) is 0. The molecule has 3 aliphatic rings. The van der Waals surface area contributed by atoms with Gasteiger partial charge in [0.2, 0.25) is 5.95 Å². The maximum absolute atomic E-state index is 13.1. The van der Waals surface area contributed by atoms with Crippen molar-refractivity contribution in [3.63, 3.8) is 0 Å². The summed E-state index contributed by atoms with van der Waals surface area (Å²) >= 11 is 0. The fraction of sp³-hybridized carbons (Fsp3) is 0.424. The van der Waals surface area contributed by atoms with Gasteiger partial charge in [-0.3, -0.25) is 4.79 Å². The molecule has 9 heteroatoms. The Hall–Kier alpha value is -3.95. The molecule has 0 atom stereocenters. The number of pyridine rings is 1. The zero-order chi connectivity index (χ0) is 28.9. The van der Waals surface area contributed by atoms with E-state index in [0.717, 1.165) is 74.4 Å². The summed E-state index contributed by atoms with van der Waals surface area (Å²) in [4.78, 5) is 22.2. The van der Waals surface area contributed by atoms with E-state index in [-0.39, 0.29) is 5.91 Å². The van der Waals surface area contributed by atoms with Crippen LogP contribution in [0.5, 0.6) is 0 Å². The molecule has 0 radical (unpaired) electrons. The summed E-state index contributed by atoms with van der Waals surface area (Å²) in [5, 5.41) is 19.3. The molecule has 1 spiro atoms. The van der Waals surface area contributed by atoms with Gasteiger partial charge in [0.1, 0.15) is 0 Å². The van der Waals surface area contributed by atoms with E-state index in [4.69, 9.17) is 10.7 Å². The van der Waals surface area contributed by atoms with Crippen LogP contribution in [0.2, 0.25) is 0 Å². The molecule has 2 aromatic heterocycles. The lowest BCUT2D eigenvalue weighted by atomic mass is 9.61. The molecule has 2 saturated heterocycles. The van der Waals surface area contributed by atoms with Crippen molar-refractivity contribution in [3.8, 4) is 0 Å². The Kier molecular flexibility index (Phi) is 6.66. The van der Waals surface area contributed by atoms with Crippen LogP contribution in [0.25, 0.3) is 5.65 Å². The van der Waals surface area contributed by atoms with Gasteiger partial charge in [0.15, 0.2) is 5.65 Å². The maximum Gasteiger partial charge on any atom is 0.253 e. The highest BCUT2D eigenvalue weighted by Gasteiger charge is 2.44. The van der Waals surface area contributed by atoms with Gasteiger partial charge in [-0.2, -0.15) is 4.98 Å². The van der Waals surface area contributed by atoms with Crippen LogP contribution < -0.4 is 16.0 Å². The molecule has 4 heterocycles. The minimum Gasteiger partial charge on any atom is -0.385 e. The molecule has 0 unspecified atom stereocenters. The summed E-state index contributed by atoms with van der Waals surface area (Å²) in [6.45, 7) is 5.12. The first-order chi connectivity index (χ1) is 20.3. The van der Waals surface area contributed by atoms with Crippen LogP contribution >= 0.6 is 0 Å². The van der Waals surface area contributed by atoms with E-state index in [9.17, 15) is 9.90 Å². The molecular formula is C33H39N7O2. The van der Waals surface area contributed by atoms with Crippen LogP contribution in [0.4, 0.5) is 17.3 Å². The average molecular weight is 566 g/mol. The van der Waals surface area contributed by atoms with Gasteiger partial charge in [0.05, 0.1) is 11.3 Å². The third kappa shape index (κ3) is 5.01. The van der Waals surface area contributed by atoms with Gasteiger partial charge in [-0.1, -0.05) is 29.8 Å². The molecule has 7 rings (SSSR count). The second kappa shape index (κ2) is 10.4. The van der Waals surface area contributed by atoms with Crippen LogP contribution in [0, 0.1) is 12.3 Å². The third-order valence-corrected chi connectivity index (χ3v) is 9.75. The molecule has 3 fully saturated rings. The Bertz CT molecular complexity index is 1570. The van der Waals surface area contributed by atoms with Gasteiger partial charge in [-0.25, -0.2) is 4.52 Å². The standard InChI is InChI=1S/C33H39N7O2/c1-23-4-8-25(9-5-23)33(42)14-19-38(20-15-33)28-3-2-16-40-29(28)36-31(37-40)35-27-10-6-24(7-11-27)30(41)39-17-12-32(13-18-39)21-26(34)22-32/h2-11,16,26,42H,12-15,17-22,34H2,1H3,(H,35,37). The van der Waals surface area contributed by atoms with E-state index in [0.29, 0.717) is 35.8 Å². The summed E-state index contributed by atoms with van der Waals surface area (Å²) in [5.74, 6) is 0.584. The molecule has 9 nitrogen and oxygen atoms in total. The minimum atomic E-state index is -0.815. The lowest BCUT2D eigenvalue weighted by molar-refractivity contribution is 0.0117. The van der Waals surface area contributed by atoms with E-state index < -0.39 is 5.60 Å². The molecule has 1 amide bonds. The summed E-state index contributed by atoms with van der Waals surface area (Å²) < 4.78 is 1.79. The number of carbonyl (C=O) groups is 1. The van der Waals surface area contributed by atoms with E-state index in [1.807, 2.05) is 53.6 Å². The number of aryl methyl sites for hydroxylation is 1. The predicted molar refractivity (Wildman–Crippen MR) is 164 cm³/mol. The minimum absolute atomic E-state index is 0.0892. The largest absolute Gasteiger partial charge is 0.385 e. The molecule has 218 valence electrons. The number of aromatic nitrogens is 3. The van der Waals surface area contributed by atoms with Crippen molar-refractivity contribution in [1.82, 2.24) is 19.5 Å². The first kappa shape index (κ1) is 26.9. The number of benzene rings is 2. The molecule has 2 aromatic carbocycles. The lowest BCUT2D eigenvalue weighted by Gasteiger charge is -2.51. The smallest absolute Gasteiger partial charge is 0.253 e. The first-order valence-corrected chi connectivity index (χ1v) is 15.1. The molecular weight excluding hydrogens is 526 g/mol. The molecule has 2 aliphatic heterocycles. The zero-order valence-electron chi connectivity index (χ0n) is 24.2. The van der Waals surface area contributed by atoms with Crippen LogP contribution in [0.3, 0.4) is 0 Å². The average Bonchev–Trinajstić information content (AvgIpc) is 3.40. The van der Waals surface area contributed by atoms with Crippen molar-refractivity contribution in [3.05, 3.63) is 83.6 Å². The highest BCUT2D eigenvalue weighted by atomic mass is 16.3. The second-order valence-electron chi connectivity index (χ2n) is 12.6. The number of nitrogens with one attached hydrogen (secondary N) is 1. The summed E-state index contributed by atoms with van der Waals surface area (Å²) in [5.41, 5.74) is 11.0. The summed E-state index contributed by atoms with van der Waals surface area (Å²) in [6, 6.07) is 20.2. The van der Waals surface area contributed by atoms with Crippen LogP contribution in [0.15, 0.2) is 66.9 Å². The van der Waals surface area contributed by atoms with Crippen molar-refractivity contribution in [2.45, 2.75) is 57.1 Å². The van der Waals surface area contributed by atoms with Crippen LogP contribution in [-0.4, -0.2) is 62.7 Å². The third-order valence-electron chi connectivity index (χ3n) is 9.75. The Morgan fingerprint density at radius 3 is 2.31 bits per heavy atom. The fourth-order valence-corrected chi connectivity index (χ4v) is 7.11. The van der Waals surface area contributed by atoms with Crippen LogP contribution in [-0.2, 0) is 5.60 Å². The quantitative estimate of drug-likeness (QED) is 0.324. The Labute approximate surface area is 246 Å². The normalized spacial score (nSPS) is 20.1. The van der Waals surface area contributed by atoms with Crippen LogP contribution in [0.1, 0.15) is 60.0 Å². The number of amides is 1. The van der Waals surface area contributed by atoms with Gasteiger partial charge >= 0.3 is 0 Å². The number of nitrogens with two attached hydrogens (primary N) is 1. The molecule has 4 N–H and O–H groups in total. The molecule has 4 aromatic rings. The molecule has 1 saturated carbocycles. The number of nitrogens with zero attached hydrogens (tertiary/aromatic N) is 5. The van der Waals surface area contributed by atoms with Crippen molar-refractivity contribution >= 4 is 28.9 Å². The SMILES string of the molecule is Cc1ccc(C2(O)CCN(c3cccn4nc(Nc5ccc(C(=O)N6CCC7(CC6)CC(N)C7)cc5)nc34)CC2)cc1. The Morgan fingerprint density at radius 1 is 0.952 bits per heavy atom. The number of likely N-dealkylation sites (tertiary alicyclic amines) is 1. The Morgan fingerprint density at radius 2 is 1.64 bits per heavy atom. The highest BCUT2D eigenvalue weighted by Crippen LogP contribution is 2.48. The van der Waals surface area contributed by atoms with Gasteiger partial charge in [-0.15, -0.1) is 5.10 Å². The van der Waals surface area contributed by atoms with Gasteiger partial charge in [0, 0.05) is 49.7 Å². The first-order valence-electron chi connectivity index (χ1n) is 15.1. The van der Waals surface area contributed by atoms with E-state index >= 15 is 0 Å². The number of rotatable bonds is 5. The lowest BCUT2D eigenvalue weighted by Crippen LogP contribution is -2.53. The fourth-order valence-electron chi connectivity index (χ4n) is 7.11. The predicted octanol–water partition coefficient (Wildman–Crippen LogP) is 4.61.